The standard InChI is InChI=1S/C24H28N4OS.2ClH/c1-2-26-12-14-27(15-13-26)23-22-20(9-16-30-22)17-21(25-23)18-5-7-19(8-6-18)24(29)28-10-3-4-11-28;;/h5-9,16-17H,2-4,10-15H2,1H3;2*1H. The molecule has 1 amide bonds. The van der Waals surface area contributed by atoms with Gasteiger partial charge in [0.1, 0.15) is 5.82 Å². The SMILES string of the molecule is CCN1CCN(c2nc(-c3ccc(C(=O)N4CCCC4)cc3)cc3ccsc23)CC1.Cl.Cl. The van der Waals surface area contributed by atoms with Crippen LogP contribution in [-0.4, -0.2) is 66.5 Å². The van der Waals surface area contributed by atoms with E-state index in [0.29, 0.717) is 0 Å². The number of nitrogens with zero attached hydrogens (tertiary/aromatic N) is 4. The number of benzene rings is 1. The van der Waals surface area contributed by atoms with Gasteiger partial charge in [0.2, 0.25) is 0 Å². The van der Waals surface area contributed by atoms with Crippen LogP contribution < -0.4 is 4.90 Å². The third kappa shape index (κ3) is 4.88. The van der Waals surface area contributed by atoms with E-state index in [1.165, 1.54) is 10.1 Å². The third-order valence-electron chi connectivity index (χ3n) is 6.36. The zero-order valence-electron chi connectivity index (χ0n) is 18.3. The predicted molar refractivity (Wildman–Crippen MR) is 139 cm³/mol. The van der Waals surface area contributed by atoms with Crippen molar-refractivity contribution in [2.75, 3.05) is 50.7 Å². The number of aromatic nitrogens is 1. The number of fused-ring (bicyclic) bond motifs is 1. The summed E-state index contributed by atoms with van der Waals surface area (Å²) in [6, 6.07) is 12.4. The summed E-state index contributed by atoms with van der Waals surface area (Å²) in [5.74, 6) is 1.25. The fraction of sp³-hybridized carbons (Fsp3) is 0.417. The number of likely N-dealkylation sites (tertiary alicyclic amines) is 1. The van der Waals surface area contributed by atoms with Crippen molar-refractivity contribution < 1.29 is 4.79 Å². The summed E-state index contributed by atoms with van der Waals surface area (Å²) < 4.78 is 1.27. The van der Waals surface area contributed by atoms with Gasteiger partial charge in [-0.1, -0.05) is 19.1 Å². The number of amides is 1. The summed E-state index contributed by atoms with van der Waals surface area (Å²) in [6.07, 6.45) is 2.23. The molecule has 0 atom stereocenters. The van der Waals surface area contributed by atoms with Crippen molar-refractivity contribution in [2.45, 2.75) is 19.8 Å². The predicted octanol–water partition coefficient (Wildman–Crippen LogP) is 5.18. The van der Waals surface area contributed by atoms with Crippen molar-refractivity contribution in [3.05, 3.63) is 47.3 Å². The van der Waals surface area contributed by atoms with Gasteiger partial charge in [0, 0.05) is 50.4 Å². The number of rotatable bonds is 4. The first kappa shape index (κ1) is 24.8. The highest BCUT2D eigenvalue weighted by molar-refractivity contribution is 7.17. The third-order valence-corrected chi connectivity index (χ3v) is 7.28. The van der Waals surface area contributed by atoms with Gasteiger partial charge in [-0.2, -0.15) is 0 Å². The molecule has 172 valence electrons. The summed E-state index contributed by atoms with van der Waals surface area (Å²) in [4.78, 5) is 24.6. The number of hydrogen-bond donors (Lipinski definition) is 0. The molecule has 32 heavy (non-hydrogen) atoms. The van der Waals surface area contributed by atoms with Gasteiger partial charge in [-0.25, -0.2) is 4.98 Å². The summed E-state index contributed by atoms with van der Waals surface area (Å²) in [5.41, 5.74) is 2.82. The molecule has 0 unspecified atom stereocenters. The molecule has 3 aromatic rings. The van der Waals surface area contributed by atoms with Gasteiger partial charge in [-0.3, -0.25) is 4.79 Å². The second-order valence-corrected chi connectivity index (χ2v) is 9.08. The van der Waals surface area contributed by atoms with Crippen molar-refractivity contribution in [2.24, 2.45) is 0 Å². The molecule has 0 N–H and O–H groups in total. The molecule has 2 aromatic heterocycles. The van der Waals surface area contributed by atoms with Crippen LogP contribution in [0.25, 0.3) is 21.3 Å². The number of halogens is 2. The Labute approximate surface area is 206 Å². The van der Waals surface area contributed by atoms with Crippen LogP contribution in [0.5, 0.6) is 0 Å². The van der Waals surface area contributed by atoms with E-state index < -0.39 is 0 Å². The molecule has 1 aromatic carbocycles. The molecule has 0 bridgehead atoms. The van der Waals surface area contributed by atoms with Crippen molar-refractivity contribution in [1.29, 1.82) is 0 Å². The summed E-state index contributed by atoms with van der Waals surface area (Å²) in [5, 5.41) is 3.40. The van der Waals surface area contributed by atoms with Crippen molar-refractivity contribution in [1.82, 2.24) is 14.8 Å². The molecule has 0 aliphatic carbocycles. The zero-order valence-corrected chi connectivity index (χ0v) is 20.8. The maximum absolute atomic E-state index is 12.6. The second-order valence-electron chi connectivity index (χ2n) is 8.17. The largest absolute Gasteiger partial charge is 0.353 e. The van der Waals surface area contributed by atoms with Crippen LogP contribution in [0.15, 0.2) is 41.8 Å². The lowest BCUT2D eigenvalue weighted by molar-refractivity contribution is 0.0793. The Hall–Kier alpha value is -1.86. The average molecular weight is 494 g/mol. The van der Waals surface area contributed by atoms with E-state index in [4.69, 9.17) is 4.98 Å². The molecule has 4 heterocycles. The van der Waals surface area contributed by atoms with E-state index in [1.54, 1.807) is 11.3 Å². The molecule has 2 saturated heterocycles. The topological polar surface area (TPSA) is 39.7 Å². The molecular weight excluding hydrogens is 463 g/mol. The first-order chi connectivity index (χ1) is 14.7. The van der Waals surface area contributed by atoms with Crippen LogP contribution in [0.3, 0.4) is 0 Å². The normalized spacial score (nSPS) is 16.7. The Morgan fingerprint density at radius 1 is 0.969 bits per heavy atom. The Morgan fingerprint density at radius 3 is 2.31 bits per heavy atom. The fourth-order valence-corrected chi connectivity index (χ4v) is 5.38. The number of thiophene rings is 1. The fourth-order valence-electron chi connectivity index (χ4n) is 4.48. The lowest BCUT2D eigenvalue weighted by Crippen LogP contribution is -2.46. The molecular formula is C24H30Cl2N4OS. The lowest BCUT2D eigenvalue weighted by atomic mass is 10.1. The Balaban J connectivity index is 0.00000144. The van der Waals surface area contributed by atoms with Gasteiger partial charge in [-0.05, 0) is 54.4 Å². The maximum atomic E-state index is 12.6. The van der Waals surface area contributed by atoms with E-state index in [0.717, 1.165) is 81.3 Å². The van der Waals surface area contributed by atoms with Gasteiger partial charge in [-0.15, -0.1) is 36.2 Å². The van der Waals surface area contributed by atoms with Crippen LogP contribution in [-0.2, 0) is 0 Å². The quantitative estimate of drug-likeness (QED) is 0.502. The van der Waals surface area contributed by atoms with E-state index in [1.807, 2.05) is 29.2 Å². The molecule has 8 heteroatoms. The van der Waals surface area contributed by atoms with Crippen molar-refractivity contribution in [3.63, 3.8) is 0 Å². The van der Waals surface area contributed by atoms with Crippen LogP contribution in [0.2, 0.25) is 0 Å². The first-order valence-corrected chi connectivity index (χ1v) is 11.9. The number of likely N-dealkylation sites (N-methyl/N-ethyl adjacent to an activating group) is 1. The smallest absolute Gasteiger partial charge is 0.253 e. The molecule has 2 fully saturated rings. The van der Waals surface area contributed by atoms with Crippen molar-refractivity contribution >= 4 is 58.0 Å². The van der Waals surface area contributed by atoms with Crippen LogP contribution in [0.4, 0.5) is 5.82 Å². The first-order valence-electron chi connectivity index (χ1n) is 11.0. The summed E-state index contributed by atoms with van der Waals surface area (Å²) in [6.45, 7) is 9.30. The minimum atomic E-state index is 0. The second kappa shape index (κ2) is 10.8. The lowest BCUT2D eigenvalue weighted by Gasteiger charge is -2.35. The number of pyridine rings is 1. The van der Waals surface area contributed by atoms with E-state index >= 15 is 0 Å². The Kier molecular flexibility index (Phi) is 8.39. The zero-order chi connectivity index (χ0) is 20.5. The van der Waals surface area contributed by atoms with Gasteiger partial charge >= 0.3 is 0 Å². The highest BCUT2D eigenvalue weighted by Gasteiger charge is 2.21. The summed E-state index contributed by atoms with van der Waals surface area (Å²) >= 11 is 1.77. The number of hydrogen-bond acceptors (Lipinski definition) is 5. The van der Waals surface area contributed by atoms with Crippen LogP contribution in [0.1, 0.15) is 30.1 Å². The van der Waals surface area contributed by atoms with Gasteiger partial charge < -0.3 is 14.7 Å². The van der Waals surface area contributed by atoms with E-state index in [2.05, 4.69) is 34.2 Å². The number of piperazine rings is 1. The molecule has 0 spiro atoms. The highest BCUT2D eigenvalue weighted by atomic mass is 35.5. The van der Waals surface area contributed by atoms with Crippen LogP contribution in [0, 0.1) is 0 Å². The van der Waals surface area contributed by atoms with Gasteiger partial charge in [0.25, 0.3) is 5.91 Å². The molecule has 2 aliphatic rings. The summed E-state index contributed by atoms with van der Waals surface area (Å²) in [7, 11) is 0. The molecule has 5 rings (SSSR count). The Bertz CT molecular complexity index is 1040. The van der Waals surface area contributed by atoms with Gasteiger partial charge in [0.15, 0.2) is 0 Å². The number of carbonyl (C=O) groups excluding carboxylic acids is 1. The van der Waals surface area contributed by atoms with Crippen molar-refractivity contribution in [3.8, 4) is 11.3 Å². The number of anilines is 1. The molecule has 5 nitrogen and oxygen atoms in total. The van der Waals surface area contributed by atoms with Gasteiger partial charge in [0.05, 0.1) is 10.4 Å². The Morgan fingerprint density at radius 2 is 1.66 bits per heavy atom. The molecule has 2 aliphatic heterocycles. The molecule has 0 saturated carbocycles. The average Bonchev–Trinajstić information content (AvgIpc) is 3.50. The molecule has 0 radical (unpaired) electrons. The van der Waals surface area contributed by atoms with Crippen LogP contribution >= 0.6 is 36.2 Å². The minimum absolute atomic E-state index is 0. The highest BCUT2D eigenvalue weighted by Crippen LogP contribution is 2.34. The number of carbonyl (C=O) groups is 1. The van der Waals surface area contributed by atoms with E-state index in [-0.39, 0.29) is 30.7 Å². The monoisotopic (exact) mass is 492 g/mol. The minimum Gasteiger partial charge on any atom is -0.353 e. The maximum Gasteiger partial charge on any atom is 0.253 e. The van der Waals surface area contributed by atoms with E-state index in [9.17, 15) is 4.79 Å².